The van der Waals surface area contributed by atoms with Gasteiger partial charge in [-0.15, -0.1) is 0 Å². The largest absolute Gasteiger partial charge is 0.368 e. The van der Waals surface area contributed by atoms with E-state index >= 15 is 0 Å². The Morgan fingerprint density at radius 2 is 1.88 bits per heavy atom. The molecular weight excluding hydrogens is 326 g/mol. The minimum absolute atomic E-state index is 0.157. The highest BCUT2D eigenvalue weighted by atomic mass is 32.1. The number of rotatable bonds is 8. The Bertz CT molecular complexity index is 686. The van der Waals surface area contributed by atoms with Crippen LogP contribution in [0.25, 0.3) is 0 Å². The predicted octanol–water partition coefficient (Wildman–Crippen LogP) is 1.60. The summed E-state index contributed by atoms with van der Waals surface area (Å²) in [5.41, 5.74) is 6.61. The number of thiophene rings is 1. The zero-order chi connectivity index (χ0) is 17.4. The molecule has 1 atom stereocenters. The highest BCUT2D eigenvalue weighted by molar-refractivity contribution is 7.08. The van der Waals surface area contributed by atoms with Crippen LogP contribution >= 0.6 is 11.3 Å². The standard InChI is InChI=1S/C17H19N3O3S/c18-16(22)15(12-5-2-1-3-6-12)20-14(21)7-4-9-19-17(23)13-8-10-24-11-13/h1-3,5-6,8,10-11,15H,4,7,9H2,(H2,18,22)(H,19,23)(H,20,21). The first-order valence-corrected chi connectivity index (χ1v) is 8.46. The first-order valence-electron chi connectivity index (χ1n) is 7.52. The minimum Gasteiger partial charge on any atom is -0.368 e. The maximum atomic E-state index is 12.0. The molecule has 1 heterocycles. The number of hydrogen-bond donors (Lipinski definition) is 3. The molecule has 0 radical (unpaired) electrons. The Hall–Kier alpha value is -2.67. The number of carbonyl (C=O) groups excluding carboxylic acids is 3. The molecule has 0 saturated heterocycles. The number of nitrogens with two attached hydrogens (primary N) is 1. The van der Waals surface area contributed by atoms with E-state index in [0.717, 1.165) is 0 Å². The zero-order valence-corrected chi connectivity index (χ0v) is 13.8. The van der Waals surface area contributed by atoms with Crippen molar-refractivity contribution in [3.63, 3.8) is 0 Å². The summed E-state index contributed by atoms with van der Waals surface area (Å²) in [5.74, 6) is -1.05. The van der Waals surface area contributed by atoms with Crippen LogP contribution in [-0.2, 0) is 9.59 Å². The molecule has 0 aliphatic heterocycles. The second-order valence-electron chi connectivity index (χ2n) is 5.19. The Kier molecular flexibility index (Phi) is 6.51. The average Bonchev–Trinajstić information content (AvgIpc) is 3.11. The van der Waals surface area contributed by atoms with Crippen LogP contribution < -0.4 is 16.4 Å². The van der Waals surface area contributed by atoms with Gasteiger partial charge >= 0.3 is 0 Å². The van der Waals surface area contributed by atoms with E-state index in [1.807, 2.05) is 11.4 Å². The molecule has 0 spiro atoms. The SMILES string of the molecule is NC(=O)C(NC(=O)CCCNC(=O)c1ccsc1)c1ccccc1. The molecule has 126 valence electrons. The number of benzene rings is 1. The monoisotopic (exact) mass is 345 g/mol. The van der Waals surface area contributed by atoms with E-state index in [1.165, 1.54) is 11.3 Å². The highest BCUT2D eigenvalue weighted by Crippen LogP contribution is 2.12. The van der Waals surface area contributed by atoms with Crippen molar-refractivity contribution in [3.8, 4) is 0 Å². The van der Waals surface area contributed by atoms with Crippen LogP contribution in [0, 0.1) is 0 Å². The van der Waals surface area contributed by atoms with Crippen molar-refractivity contribution in [3.05, 3.63) is 58.3 Å². The third kappa shape index (κ3) is 5.20. The molecule has 1 aromatic carbocycles. The molecule has 0 aliphatic rings. The zero-order valence-electron chi connectivity index (χ0n) is 13.0. The summed E-state index contributed by atoms with van der Waals surface area (Å²) in [4.78, 5) is 35.2. The summed E-state index contributed by atoms with van der Waals surface area (Å²) in [7, 11) is 0. The lowest BCUT2D eigenvalue weighted by atomic mass is 10.1. The van der Waals surface area contributed by atoms with Crippen molar-refractivity contribution in [2.24, 2.45) is 5.73 Å². The predicted molar refractivity (Wildman–Crippen MR) is 92.4 cm³/mol. The first kappa shape index (κ1) is 17.7. The van der Waals surface area contributed by atoms with Gasteiger partial charge in [0.2, 0.25) is 11.8 Å². The topological polar surface area (TPSA) is 101 Å². The van der Waals surface area contributed by atoms with Crippen molar-refractivity contribution in [2.75, 3.05) is 6.54 Å². The second-order valence-corrected chi connectivity index (χ2v) is 5.97. The van der Waals surface area contributed by atoms with Crippen LogP contribution in [0.1, 0.15) is 34.8 Å². The lowest BCUT2D eigenvalue weighted by Gasteiger charge is -2.15. The fraction of sp³-hybridized carbons (Fsp3) is 0.235. The third-order valence-electron chi connectivity index (χ3n) is 3.37. The fourth-order valence-electron chi connectivity index (χ4n) is 2.14. The number of hydrogen-bond acceptors (Lipinski definition) is 4. The van der Waals surface area contributed by atoms with E-state index in [-0.39, 0.29) is 18.2 Å². The van der Waals surface area contributed by atoms with E-state index in [4.69, 9.17) is 5.73 Å². The van der Waals surface area contributed by atoms with E-state index < -0.39 is 11.9 Å². The normalized spacial score (nSPS) is 11.5. The Morgan fingerprint density at radius 1 is 1.12 bits per heavy atom. The van der Waals surface area contributed by atoms with Gasteiger partial charge in [0, 0.05) is 23.9 Å². The molecule has 0 fully saturated rings. The van der Waals surface area contributed by atoms with E-state index in [0.29, 0.717) is 24.1 Å². The molecule has 3 amide bonds. The maximum absolute atomic E-state index is 12.0. The van der Waals surface area contributed by atoms with E-state index in [2.05, 4.69) is 10.6 Å². The van der Waals surface area contributed by atoms with Gasteiger partial charge in [-0.2, -0.15) is 11.3 Å². The van der Waals surface area contributed by atoms with Crippen LogP contribution in [0.4, 0.5) is 0 Å². The van der Waals surface area contributed by atoms with Gasteiger partial charge in [-0.1, -0.05) is 30.3 Å². The van der Waals surface area contributed by atoms with Crippen LogP contribution in [0.3, 0.4) is 0 Å². The minimum atomic E-state index is -0.848. The van der Waals surface area contributed by atoms with Gasteiger partial charge in [-0.25, -0.2) is 0 Å². The molecule has 2 aromatic rings. The van der Waals surface area contributed by atoms with Crippen LogP contribution in [0.5, 0.6) is 0 Å². The first-order chi connectivity index (χ1) is 11.6. The van der Waals surface area contributed by atoms with Crippen molar-refractivity contribution in [1.82, 2.24) is 10.6 Å². The molecule has 24 heavy (non-hydrogen) atoms. The lowest BCUT2D eigenvalue weighted by Crippen LogP contribution is -2.37. The van der Waals surface area contributed by atoms with Crippen molar-refractivity contribution in [1.29, 1.82) is 0 Å². The molecular formula is C17H19N3O3S. The molecule has 4 N–H and O–H groups in total. The summed E-state index contributed by atoms with van der Waals surface area (Å²) in [6.45, 7) is 0.384. The average molecular weight is 345 g/mol. The molecule has 0 saturated carbocycles. The van der Waals surface area contributed by atoms with Crippen LogP contribution in [-0.4, -0.2) is 24.3 Å². The van der Waals surface area contributed by atoms with Gasteiger partial charge in [0.15, 0.2) is 0 Å². The molecule has 2 rings (SSSR count). The second kappa shape index (κ2) is 8.83. The lowest BCUT2D eigenvalue weighted by molar-refractivity contribution is -0.127. The number of nitrogens with one attached hydrogen (secondary N) is 2. The van der Waals surface area contributed by atoms with Crippen molar-refractivity contribution < 1.29 is 14.4 Å². The van der Waals surface area contributed by atoms with Gasteiger partial charge in [0.1, 0.15) is 6.04 Å². The highest BCUT2D eigenvalue weighted by Gasteiger charge is 2.19. The van der Waals surface area contributed by atoms with Gasteiger partial charge < -0.3 is 16.4 Å². The summed E-state index contributed by atoms with van der Waals surface area (Å²) in [6.07, 6.45) is 0.669. The van der Waals surface area contributed by atoms with Crippen LogP contribution in [0.2, 0.25) is 0 Å². The molecule has 1 aromatic heterocycles. The quantitative estimate of drug-likeness (QED) is 0.633. The molecule has 7 heteroatoms. The summed E-state index contributed by atoms with van der Waals surface area (Å²) < 4.78 is 0. The Labute approximate surface area is 144 Å². The summed E-state index contributed by atoms with van der Waals surface area (Å²) in [5, 5.41) is 8.96. The van der Waals surface area contributed by atoms with Gasteiger partial charge in [-0.05, 0) is 23.4 Å². The van der Waals surface area contributed by atoms with Crippen molar-refractivity contribution >= 4 is 29.1 Å². The Balaban J connectivity index is 1.75. The molecule has 6 nitrogen and oxygen atoms in total. The van der Waals surface area contributed by atoms with Crippen LogP contribution in [0.15, 0.2) is 47.2 Å². The summed E-state index contributed by atoms with van der Waals surface area (Å²) >= 11 is 1.45. The van der Waals surface area contributed by atoms with Crippen molar-refractivity contribution in [2.45, 2.75) is 18.9 Å². The smallest absolute Gasteiger partial charge is 0.252 e. The number of carbonyl (C=O) groups is 3. The third-order valence-corrected chi connectivity index (χ3v) is 4.06. The summed E-state index contributed by atoms with van der Waals surface area (Å²) in [6, 6.07) is 9.73. The van der Waals surface area contributed by atoms with E-state index in [1.54, 1.807) is 35.7 Å². The van der Waals surface area contributed by atoms with Gasteiger partial charge in [0.05, 0.1) is 0 Å². The number of amides is 3. The fourth-order valence-corrected chi connectivity index (χ4v) is 2.78. The van der Waals surface area contributed by atoms with E-state index in [9.17, 15) is 14.4 Å². The van der Waals surface area contributed by atoms with Gasteiger partial charge in [0.25, 0.3) is 5.91 Å². The molecule has 0 aliphatic carbocycles. The molecule has 1 unspecified atom stereocenters. The maximum Gasteiger partial charge on any atom is 0.252 e. The Morgan fingerprint density at radius 3 is 2.50 bits per heavy atom. The van der Waals surface area contributed by atoms with Gasteiger partial charge in [-0.3, -0.25) is 14.4 Å². The molecule has 0 bridgehead atoms. The number of primary amides is 1.